The lowest BCUT2D eigenvalue weighted by Gasteiger charge is -2.15. The van der Waals surface area contributed by atoms with Crippen LogP contribution in [-0.2, 0) is 4.79 Å². The number of halogens is 2. The zero-order valence-corrected chi connectivity index (χ0v) is 10.5. The summed E-state index contributed by atoms with van der Waals surface area (Å²) >= 11 is 6.67. The Hall–Kier alpha value is -0.420. The van der Waals surface area contributed by atoms with Gasteiger partial charge in [0.1, 0.15) is 0 Å². The van der Waals surface area contributed by atoms with Gasteiger partial charge in [-0.1, -0.05) is 15.9 Å². The lowest BCUT2D eigenvalue weighted by molar-refractivity contribution is -0.116. The number of hydrogen-bond acceptors (Lipinski definition) is 2. The van der Waals surface area contributed by atoms with Crippen LogP contribution < -0.4 is 4.90 Å². The number of hydrogen-bond donors (Lipinski definition) is 0. The molecule has 1 saturated heterocycles. The first kappa shape index (κ1) is 10.1. The predicted octanol–water partition coefficient (Wildman–Crippen LogP) is 2.34. The van der Waals surface area contributed by atoms with Crippen LogP contribution in [0, 0.1) is 0 Å². The summed E-state index contributed by atoms with van der Waals surface area (Å²) in [5, 5.41) is 0. The highest BCUT2D eigenvalue weighted by Crippen LogP contribution is 2.26. The Morgan fingerprint density at radius 1 is 1.50 bits per heavy atom. The quantitative estimate of drug-likeness (QED) is 0.744. The van der Waals surface area contributed by atoms with Crippen molar-refractivity contribution in [1.82, 2.24) is 4.98 Å². The molecule has 14 heavy (non-hydrogen) atoms. The molecule has 0 radical (unpaired) electrons. The third kappa shape index (κ3) is 1.83. The number of anilines is 1. The van der Waals surface area contributed by atoms with Crippen molar-refractivity contribution in [2.24, 2.45) is 0 Å². The zero-order valence-electron chi connectivity index (χ0n) is 7.28. The van der Waals surface area contributed by atoms with E-state index < -0.39 is 0 Å². The van der Waals surface area contributed by atoms with Crippen molar-refractivity contribution >= 4 is 43.5 Å². The van der Waals surface area contributed by atoms with Crippen LogP contribution in [0.15, 0.2) is 22.9 Å². The largest absolute Gasteiger partial charge is 0.310 e. The van der Waals surface area contributed by atoms with E-state index in [1.807, 2.05) is 6.07 Å². The summed E-state index contributed by atoms with van der Waals surface area (Å²) in [6, 6.07) is 1.90. The normalized spacial score (nSPS) is 21.7. The van der Waals surface area contributed by atoms with Gasteiger partial charge in [0.15, 0.2) is 0 Å². The molecular weight excluding hydrogens is 312 g/mol. The second-order valence-corrected chi connectivity index (χ2v) is 5.13. The summed E-state index contributed by atoms with van der Waals surface area (Å²) in [5.41, 5.74) is 0.853. The predicted molar refractivity (Wildman–Crippen MR) is 61.6 cm³/mol. The molecule has 1 amide bonds. The molecule has 0 aliphatic carbocycles. The molecule has 0 saturated carbocycles. The van der Waals surface area contributed by atoms with Gasteiger partial charge in [0, 0.05) is 17.2 Å². The maximum Gasteiger partial charge on any atom is 0.240 e. The van der Waals surface area contributed by atoms with Crippen LogP contribution in [-0.4, -0.2) is 22.3 Å². The Balaban J connectivity index is 2.28. The van der Waals surface area contributed by atoms with Crippen molar-refractivity contribution in [2.75, 3.05) is 11.4 Å². The van der Waals surface area contributed by atoms with Gasteiger partial charge in [-0.15, -0.1) is 0 Å². The summed E-state index contributed by atoms with van der Waals surface area (Å²) < 4.78 is 0.890. The van der Waals surface area contributed by atoms with E-state index in [1.165, 1.54) is 0 Å². The zero-order chi connectivity index (χ0) is 10.1. The molecule has 1 unspecified atom stereocenters. The molecule has 5 heteroatoms. The van der Waals surface area contributed by atoms with Gasteiger partial charge in [-0.2, -0.15) is 0 Å². The van der Waals surface area contributed by atoms with Crippen molar-refractivity contribution < 1.29 is 4.79 Å². The number of rotatable bonds is 1. The molecule has 3 nitrogen and oxygen atoms in total. The highest BCUT2D eigenvalue weighted by molar-refractivity contribution is 9.10. The van der Waals surface area contributed by atoms with Gasteiger partial charge in [0.25, 0.3) is 0 Å². The number of aromatic nitrogens is 1. The van der Waals surface area contributed by atoms with Gasteiger partial charge in [-0.3, -0.25) is 9.78 Å². The minimum absolute atomic E-state index is 0.0403. The minimum Gasteiger partial charge on any atom is -0.310 e. The Labute approximate surface area is 98.8 Å². The molecule has 0 aromatic carbocycles. The molecule has 1 atom stereocenters. The molecule has 1 aliphatic heterocycles. The van der Waals surface area contributed by atoms with Crippen LogP contribution in [0.4, 0.5) is 5.69 Å². The van der Waals surface area contributed by atoms with Crippen molar-refractivity contribution in [1.29, 1.82) is 0 Å². The van der Waals surface area contributed by atoms with Crippen LogP contribution in [0.1, 0.15) is 6.42 Å². The number of carbonyl (C=O) groups excluding carboxylic acids is 1. The van der Waals surface area contributed by atoms with Crippen molar-refractivity contribution in [3.05, 3.63) is 22.9 Å². The van der Waals surface area contributed by atoms with Crippen LogP contribution in [0.5, 0.6) is 0 Å². The van der Waals surface area contributed by atoms with E-state index in [1.54, 1.807) is 17.3 Å². The summed E-state index contributed by atoms with van der Waals surface area (Å²) in [6.45, 7) is 0.757. The molecule has 74 valence electrons. The second kappa shape index (κ2) is 3.98. The lowest BCUT2D eigenvalue weighted by atomic mass is 10.4. The molecule has 0 N–H and O–H groups in total. The fraction of sp³-hybridized carbons (Fsp3) is 0.333. The van der Waals surface area contributed by atoms with Gasteiger partial charge in [-0.25, -0.2) is 0 Å². The topological polar surface area (TPSA) is 33.2 Å². The maximum absolute atomic E-state index is 11.7. The van der Waals surface area contributed by atoms with Crippen molar-refractivity contribution in [3.8, 4) is 0 Å². The highest BCUT2D eigenvalue weighted by Gasteiger charge is 2.30. The number of amides is 1. The Morgan fingerprint density at radius 2 is 2.29 bits per heavy atom. The van der Waals surface area contributed by atoms with Crippen LogP contribution >= 0.6 is 31.9 Å². The summed E-state index contributed by atoms with van der Waals surface area (Å²) in [6.07, 6.45) is 4.26. The third-order valence-electron chi connectivity index (χ3n) is 2.14. The third-order valence-corrected chi connectivity index (χ3v) is 3.43. The molecule has 1 aromatic heterocycles. The second-order valence-electron chi connectivity index (χ2n) is 3.11. The lowest BCUT2D eigenvalue weighted by Crippen LogP contribution is -2.27. The van der Waals surface area contributed by atoms with E-state index in [-0.39, 0.29) is 10.7 Å². The number of carbonyl (C=O) groups is 1. The van der Waals surface area contributed by atoms with E-state index in [0.717, 1.165) is 23.1 Å². The SMILES string of the molecule is O=C1C(Br)CCN1c1cncc(Br)c1. The average Bonchev–Trinajstić information content (AvgIpc) is 2.48. The van der Waals surface area contributed by atoms with E-state index in [0.29, 0.717) is 0 Å². The molecule has 2 heterocycles. The molecular formula is C9H8Br2N2O. The van der Waals surface area contributed by atoms with Gasteiger partial charge in [0.05, 0.1) is 16.7 Å². The standard InChI is InChI=1S/C9H8Br2N2O/c10-6-3-7(5-12-4-6)13-2-1-8(11)9(13)14/h3-5,8H,1-2H2. The fourth-order valence-corrected chi connectivity index (χ4v) is 2.25. The van der Waals surface area contributed by atoms with Gasteiger partial charge in [-0.05, 0) is 28.4 Å². The summed E-state index contributed by atoms with van der Waals surface area (Å²) in [7, 11) is 0. The number of nitrogens with zero attached hydrogens (tertiary/aromatic N) is 2. The summed E-state index contributed by atoms with van der Waals surface area (Å²) in [4.78, 5) is 17.4. The van der Waals surface area contributed by atoms with Crippen molar-refractivity contribution in [3.63, 3.8) is 0 Å². The van der Waals surface area contributed by atoms with Crippen LogP contribution in [0.3, 0.4) is 0 Å². The Bertz CT molecular complexity index is 370. The average molecular weight is 320 g/mol. The van der Waals surface area contributed by atoms with Crippen LogP contribution in [0.25, 0.3) is 0 Å². The molecule has 1 aromatic rings. The smallest absolute Gasteiger partial charge is 0.240 e. The van der Waals surface area contributed by atoms with E-state index in [9.17, 15) is 4.79 Å². The highest BCUT2D eigenvalue weighted by atomic mass is 79.9. The fourth-order valence-electron chi connectivity index (χ4n) is 1.45. The molecule has 0 bridgehead atoms. The molecule has 2 rings (SSSR count). The number of alkyl halides is 1. The van der Waals surface area contributed by atoms with E-state index in [2.05, 4.69) is 36.8 Å². The molecule has 1 aliphatic rings. The van der Waals surface area contributed by atoms with E-state index >= 15 is 0 Å². The first-order chi connectivity index (χ1) is 6.68. The van der Waals surface area contributed by atoms with E-state index in [4.69, 9.17) is 0 Å². The minimum atomic E-state index is -0.0403. The molecule has 1 fully saturated rings. The number of pyridine rings is 1. The maximum atomic E-state index is 11.7. The van der Waals surface area contributed by atoms with Gasteiger partial charge >= 0.3 is 0 Å². The van der Waals surface area contributed by atoms with Crippen molar-refractivity contribution in [2.45, 2.75) is 11.2 Å². The van der Waals surface area contributed by atoms with Gasteiger partial charge in [0.2, 0.25) is 5.91 Å². The van der Waals surface area contributed by atoms with Crippen LogP contribution in [0.2, 0.25) is 0 Å². The first-order valence-corrected chi connectivity index (χ1v) is 5.95. The first-order valence-electron chi connectivity index (χ1n) is 4.24. The Kier molecular flexibility index (Phi) is 2.88. The Morgan fingerprint density at radius 3 is 2.86 bits per heavy atom. The monoisotopic (exact) mass is 318 g/mol. The molecule has 0 spiro atoms. The van der Waals surface area contributed by atoms with Gasteiger partial charge < -0.3 is 4.90 Å². The summed E-state index contributed by atoms with van der Waals surface area (Å²) in [5.74, 6) is 0.116.